The second kappa shape index (κ2) is 8.94. The molecule has 2 aromatic heterocycles. The van der Waals surface area contributed by atoms with Crippen LogP contribution in [0.15, 0.2) is 152 Å². The van der Waals surface area contributed by atoms with Gasteiger partial charge in [-0.2, -0.15) is 0 Å². The van der Waals surface area contributed by atoms with E-state index in [0.29, 0.717) is 0 Å². The Kier molecular flexibility index (Phi) is 4.78. The molecule has 0 radical (unpaired) electrons. The molecule has 10 aromatic rings. The van der Waals surface area contributed by atoms with E-state index in [9.17, 15) is 0 Å². The Morgan fingerprint density at radius 3 is 1.98 bits per heavy atom. The smallest absolute Gasteiger partial charge is 0.0553 e. The number of benzene rings is 8. The molecule has 0 saturated heterocycles. The molecule has 0 fully saturated rings. The van der Waals surface area contributed by atoms with Crippen LogP contribution in [0.2, 0.25) is 0 Å². The van der Waals surface area contributed by atoms with Crippen LogP contribution in [0.1, 0.15) is 0 Å². The van der Waals surface area contributed by atoms with Gasteiger partial charge < -0.3 is 4.57 Å². The first-order valence-corrected chi connectivity index (χ1v) is 16.7. The van der Waals surface area contributed by atoms with E-state index in [-0.39, 0.29) is 0 Å². The number of rotatable bonds is 2. The van der Waals surface area contributed by atoms with Gasteiger partial charge in [0.2, 0.25) is 0 Å². The quantitative estimate of drug-likeness (QED) is 0.186. The highest BCUT2D eigenvalue weighted by Gasteiger charge is 2.26. The highest BCUT2D eigenvalue weighted by atomic mass is 32.1. The molecule has 0 N–H and O–H groups in total. The summed E-state index contributed by atoms with van der Waals surface area (Å²) in [5.74, 6) is 0. The minimum atomic E-state index is 1.18. The summed E-state index contributed by atoms with van der Waals surface area (Å²) in [5.41, 5.74) is 11.5. The molecule has 1 nitrogen and oxygen atoms in total. The second-order valence-corrected chi connectivity index (χ2v) is 13.5. The predicted molar refractivity (Wildman–Crippen MR) is 199 cm³/mol. The lowest BCUT2D eigenvalue weighted by atomic mass is 9.96. The summed E-state index contributed by atoms with van der Waals surface area (Å²) in [4.78, 5) is 0. The van der Waals surface area contributed by atoms with Crippen molar-refractivity contribution in [3.05, 3.63) is 152 Å². The van der Waals surface area contributed by atoms with Gasteiger partial charge in [0.05, 0.1) is 11.0 Å². The fourth-order valence-electron chi connectivity index (χ4n) is 8.20. The number of thiophene rings is 1. The van der Waals surface area contributed by atoms with Crippen molar-refractivity contribution >= 4 is 74.9 Å². The molecule has 2 heteroatoms. The van der Waals surface area contributed by atoms with Crippen molar-refractivity contribution in [1.82, 2.24) is 4.57 Å². The monoisotopic (exact) mass is 599 g/mol. The third-order valence-corrected chi connectivity index (χ3v) is 11.3. The van der Waals surface area contributed by atoms with E-state index >= 15 is 0 Å². The largest absolute Gasteiger partial charge is 0.309 e. The molecule has 2 heterocycles. The van der Waals surface area contributed by atoms with E-state index in [1.54, 1.807) is 0 Å². The maximum atomic E-state index is 2.51. The Bertz CT molecular complexity index is 2920. The Labute approximate surface area is 269 Å². The summed E-state index contributed by atoms with van der Waals surface area (Å²) >= 11 is 1.89. The third kappa shape index (κ3) is 3.14. The highest BCUT2D eigenvalue weighted by Crippen LogP contribution is 2.52. The van der Waals surface area contributed by atoms with Crippen LogP contribution in [0.3, 0.4) is 0 Å². The Morgan fingerprint density at radius 1 is 0.391 bits per heavy atom. The van der Waals surface area contributed by atoms with Gasteiger partial charge in [-0.05, 0) is 85.3 Å². The van der Waals surface area contributed by atoms with E-state index in [4.69, 9.17) is 0 Å². The highest BCUT2D eigenvalue weighted by molar-refractivity contribution is 7.26. The maximum Gasteiger partial charge on any atom is 0.0553 e. The van der Waals surface area contributed by atoms with Gasteiger partial charge in [-0.3, -0.25) is 0 Å². The fraction of sp³-hybridized carbons (Fsp3) is 0. The van der Waals surface area contributed by atoms with E-state index in [2.05, 4.69) is 156 Å². The average Bonchev–Trinajstić information content (AvgIpc) is 3.77. The van der Waals surface area contributed by atoms with Gasteiger partial charge in [0.1, 0.15) is 0 Å². The zero-order chi connectivity index (χ0) is 29.9. The minimum Gasteiger partial charge on any atom is -0.309 e. The number of hydrogen-bond donors (Lipinski definition) is 0. The molecule has 0 atom stereocenters. The first kappa shape index (κ1) is 24.6. The molecular formula is C44H25NS. The normalized spacial score (nSPS) is 12.3. The van der Waals surface area contributed by atoms with Crippen LogP contribution in [-0.2, 0) is 0 Å². The molecule has 8 aromatic carbocycles. The molecule has 0 spiro atoms. The van der Waals surface area contributed by atoms with Crippen molar-refractivity contribution in [3.63, 3.8) is 0 Å². The molecule has 0 aliphatic heterocycles. The van der Waals surface area contributed by atoms with Crippen LogP contribution >= 0.6 is 11.3 Å². The van der Waals surface area contributed by atoms with Crippen molar-refractivity contribution in [1.29, 1.82) is 0 Å². The summed E-state index contributed by atoms with van der Waals surface area (Å²) in [5, 5.41) is 10.6. The van der Waals surface area contributed by atoms with Gasteiger partial charge in [-0.25, -0.2) is 0 Å². The summed E-state index contributed by atoms with van der Waals surface area (Å²) < 4.78 is 5.19. The molecule has 0 bridgehead atoms. The zero-order valence-electron chi connectivity index (χ0n) is 24.8. The van der Waals surface area contributed by atoms with Gasteiger partial charge in [-0.15, -0.1) is 11.3 Å². The molecule has 0 saturated carbocycles. The van der Waals surface area contributed by atoms with Crippen molar-refractivity contribution in [2.45, 2.75) is 0 Å². The SMILES string of the molecule is c1cc(-c2cccc3c2sc2ccccc23)cc(-n2c3ccc4ccccc4c3c3c4cccc5c4c(cc32)-c2ccccc2-5)c1. The second-order valence-electron chi connectivity index (χ2n) is 12.4. The molecule has 0 unspecified atom stereocenters. The molecule has 0 amide bonds. The van der Waals surface area contributed by atoms with Gasteiger partial charge in [0.25, 0.3) is 0 Å². The topological polar surface area (TPSA) is 4.93 Å². The van der Waals surface area contributed by atoms with Gasteiger partial charge in [-0.1, -0.05) is 121 Å². The molecule has 1 aliphatic rings. The minimum absolute atomic E-state index is 1.18. The first-order chi connectivity index (χ1) is 22.8. The summed E-state index contributed by atoms with van der Waals surface area (Å²) in [6, 6.07) is 56.3. The lowest BCUT2D eigenvalue weighted by Crippen LogP contribution is -1.95. The number of hydrogen-bond acceptors (Lipinski definition) is 1. The Balaban J connectivity index is 1.27. The standard InChI is InChI=1S/C44H25NS/c1-2-13-29-26(10-1)22-23-38-42(29)43-36-20-9-18-34-31-14-3-4-15-32(31)37(41(34)36)25-39(43)45(38)28-12-7-11-27(24-28)30-17-8-19-35-33-16-5-6-21-40(33)46-44(30)35/h1-25H. The maximum absolute atomic E-state index is 2.51. The van der Waals surface area contributed by atoms with E-state index < -0.39 is 0 Å². The van der Waals surface area contributed by atoms with Crippen molar-refractivity contribution in [3.8, 4) is 39.1 Å². The van der Waals surface area contributed by atoms with E-state index in [0.717, 1.165) is 0 Å². The lowest BCUT2D eigenvalue weighted by molar-refractivity contribution is 1.18. The van der Waals surface area contributed by atoms with Crippen LogP contribution in [0, 0.1) is 0 Å². The average molecular weight is 600 g/mol. The molecular weight excluding hydrogens is 575 g/mol. The van der Waals surface area contributed by atoms with Crippen LogP contribution in [-0.4, -0.2) is 4.57 Å². The number of aromatic nitrogens is 1. The fourth-order valence-corrected chi connectivity index (χ4v) is 9.44. The van der Waals surface area contributed by atoms with Gasteiger partial charge >= 0.3 is 0 Å². The number of fused-ring (bicyclic) bond motifs is 12. The lowest BCUT2D eigenvalue weighted by Gasteiger charge is -2.12. The molecule has 46 heavy (non-hydrogen) atoms. The van der Waals surface area contributed by atoms with Crippen LogP contribution < -0.4 is 0 Å². The molecule has 1 aliphatic carbocycles. The Hall–Kier alpha value is -5.70. The van der Waals surface area contributed by atoms with Crippen LogP contribution in [0.25, 0.3) is 103 Å². The predicted octanol–water partition coefficient (Wildman–Crippen LogP) is 12.8. The zero-order valence-corrected chi connectivity index (χ0v) is 25.6. The molecule has 11 rings (SSSR count). The van der Waals surface area contributed by atoms with Gasteiger partial charge in [0.15, 0.2) is 0 Å². The van der Waals surface area contributed by atoms with E-state index in [1.165, 1.54) is 103 Å². The van der Waals surface area contributed by atoms with Crippen LogP contribution in [0.5, 0.6) is 0 Å². The van der Waals surface area contributed by atoms with Crippen LogP contribution in [0.4, 0.5) is 0 Å². The first-order valence-electron chi connectivity index (χ1n) is 15.9. The van der Waals surface area contributed by atoms with Gasteiger partial charge in [0, 0.05) is 36.6 Å². The summed E-state index contributed by atoms with van der Waals surface area (Å²) in [6.45, 7) is 0. The van der Waals surface area contributed by atoms with Crippen molar-refractivity contribution in [2.24, 2.45) is 0 Å². The Morgan fingerprint density at radius 2 is 1.07 bits per heavy atom. The number of nitrogens with zero attached hydrogens (tertiary/aromatic N) is 1. The summed E-state index contributed by atoms with van der Waals surface area (Å²) in [7, 11) is 0. The summed E-state index contributed by atoms with van der Waals surface area (Å²) in [6.07, 6.45) is 0. The van der Waals surface area contributed by atoms with Crippen molar-refractivity contribution in [2.75, 3.05) is 0 Å². The van der Waals surface area contributed by atoms with E-state index in [1.807, 2.05) is 11.3 Å². The third-order valence-electron chi connectivity index (χ3n) is 10.1. The molecule has 212 valence electrons. The van der Waals surface area contributed by atoms with Crippen molar-refractivity contribution < 1.29 is 0 Å².